The van der Waals surface area contributed by atoms with Crippen molar-refractivity contribution >= 4 is 15.9 Å². The molecule has 0 amide bonds. The van der Waals surface area contributed by atoms with Crippen molar-refractivity contribution in [2.24, 2.45) is 5.92 Å². The quantitative estimate of drug-likeness (QED) is 0.916. The molecule has 1 aliphatic heterocycles. The summed E-state index contributed by atoms with van der Waals surface area (Å²) >= 11 is 3.53. The average molecular weight is 311 g/mol. The number of hydrogen-bond acceptors (Lipinski definition) is 2. The molecule has 1 saturated heterocycles. The zero-order chi connectivity index (χ0) is 13.0. The highest BCUT2D eigenvalue weighted by atomic mass is 79.9. The average Bonchev–Trinajstić information content (AvgIpc) is 2.38. The van der Waals surface area contributed by atoms with E-state index in [0.29, 0.717) is 6.04 Å². The molecule has 1 N–H and O–H groups in total. The topological polar surface area (TPSA) is 15.3 Å². The van der Waals surface area contributed by atoms with Crippen LogP contribution in [0.3, 0.4) is 0 Å². The Morgan fingerprint density at radius 2 is 2.11 bits per heavy atom. The molecule has 0 radical (unpaired) electrons. The molecule has 2 rings (SSSR count). The molecular weight excluding hydrogens is 288 g/mol. The Morgan fingerprint density at radius 3 is 2.78 bits per heavy atom. The van der Waals surface area contributed by atoms with Gasteiger partial charge in [-0.1, -0.05) is 28.1 Å². The summed E-state index contributed by atoms with van der Waals surface area (Å²) in [6.45, 7) is 5.88. The Bertz CT molecular complexity index is 373. The highest BCUT2D eigenvalue weighted by Crippen LogP contribution is 2.20. The van der Waals surface area contributed by atoms with E-state index in [1.54, 1.807) is 0 Å². The van der Waals surface area contributed by atoms with E-state index in [9.17, 15) is 0 Å². The van der Waals surface area contributed by atoms with Crippen molar-refractivity contribution in [1.82, 2.24) is 10.2 Å². The van der Waals surface area contributed by atoms with E-state index in [4.69, 9.17) is 0 Å². The van der Waals surface area contributed by atoms with Crippen LogP contribution in [0.25, 0.3) is 0 Å². The Kier molecular flexibility index (Phi) is 5.22. The summed E-state index contributed by atoms with van der Waals surface area (Å²) in [5.41, 5.74) is 1.36. The summed E-state index contributed by atoms with van der Waals surface area (Å²) in [4.78, 5) is 2.42. The van der Waals surface area contributed by atoms with Gasteiger partial charge in [0.15, 0.2) is 0 Å². The molecule has 0 aliphatic carbocycles. The maximum atomic E-state index is 3.67. The highest BCUT2D eigenvalue weighted by Gasteiger charge is 2.17. The maximum absolute atomic E-state index is 3.67. The van der Waals surface area contributed by atoms with Crippen molar-refractivity contribution in [2.45, 2.75) is 25.8 Å². The molecule has 1 aliphatic rings. The van der Waals surface area contributed by atoms with Crippen LogP contribution < -0.4 is 5.32 Å². The largest absolute Gasteiger partial charge is 0.310 e. The van der Waals surface area contributed by atoms with Gasteiger partial charge in [0.05, 0.1) is 0 Å². The molecule has 1 fully saturated rings. The molecule has 0 saturated carbocycles. The summed E-state index contributed by atoms with van der Waals surface area (Å²) in [7, 11) is 2.22. The number of halogens is 1. The van der Waals surface area contributed by atoms with Gasteiger partial charge in [-0.3, -0.25) is 0 Å². The van der Waals surface area contributed by atoms with Gasteiger partial charge in [0, 0.05) is 10.5 Å². The normalized spacial score (nSPS) is 19.9. The first-order chi connectivity index (χ1) is 8.65. The smallest absolute Gasteiger partial charge is 0.0292 e. The molecule has 1 aromatic carbocycles. The molecule has 1 heterocycles. The van der Waals surface area contributed by atoms with Gasteiger partial charge in [0.1, 0.15) is 0 Å². The summed E-state index contributed by atoms with van der Waals surface area (Å²) in [6.07, 6.45) is 2.66. The van der Waals surface area contributed by atoms with Crippen molar-refractivity contribution < 1.29 is 0 Å². The fraction of sp³-hybridized carbons (Fsp3) is 0.600. The summed E-state index contributed by atoms with van der Waals surface area (Å²) in [5, 5.41) is 3.67. The number of hydrogen-bond donors (Lipinski definition) is 1. The van der Waals surface area contributed by atoms with Crippen LogP contribution in [0.4, 0.5) is 0 Å². The van der Waals surface area contributed by atoms with Gasteiger partial charge in [0.2, 0.25) is 0 Å². The van der Waals surface area contributed by atoms with E-state index in [2.05, 4.69) is 64.4 Å². The number of nitrogens with zero attached hydrogens (tertiary/aromatic N) is 1. The van der Waals surface area contributed by atoms with Crippen LogP contribution in [-0.2, 0) is 0 Å². The van der Waals surface area contributed by atoms with Gasteiger partial charge in [0.25, 0.3) is 0 Å². The Morgan fingerprint density at radius 1 is 1.39 bits per heavy atom. The van der Waals surface area contributed by atoms with Gasteiger partial charge < -0.3 is 10.2 Å². The summed E-state index contributed by atoms with van der Waals surface area (Å²) in [5.74, 6) is 0.843. The first-order valence-corrected chi connectivity index (χ1v) is 7.62. The van der Waals surface area contributed by atoms with Crippen LogP contribution in [-0.4, -0.2) is 31.6 Å². The van der Waals surface area contributed by atoms with Crippen LogP contribution in [0.5, 0.6) is 0 Å². The first kappa shape index (κ1) is 14.0. The van der Waals surface area contributed by atoms with Gasteiger partial charge in [-0.05, 0) is 70.1 Å². The lowest BCUT2D eigenvalue weighted by molar-refractivity contribution is 0.213. The molecule has 18 heavy (non-hydrogen) atoms. The number of rotatable bonds is 4. The van der Waals surface area contributed by atoms with Crippen LogP contribution in [0.15, 0.2) is 28.7 Å². The van der Waals surface area contributed by atoms with E-state index in [1.807, 2.05) is 0 Å². The second kappa shape index (κ2) is 6.69. The lowest BCUT2D eigenvalue weighted by atomic mass is 9.96. The van der Waals surface area contributed by atoms with E-state index in [0.717, 1.165) is 16.9 Å². The predicted molar refractivity (Wildman–Crippen MR) is 80.8 cm³/mol. The van der Waals surface area contributed by atoms with Crippen molar-refractivity contribution in [3.63, 3.8) is 0 Å². The zero-order valence-electron chi connectivity index (χ0n) is 11.3. The third kappa shape index (κ3) is 4.08. The van der Waals surface area contributed by atoms with Crippen LogP contribution in [0, 0.1) is 5.92 Å². The predicted octanol–water partition coefficient (Wildman–Crippen LogP) is 3.44. The minimum Gasteiger partial charge on any atom is -0.310 e. The van der Waals surface area contributed by atoms with Crippen molar-refractivity contribution in [1.29, 1.82) is 0 Å². The maximum Gasteiger partial charge on any atom is 0.0292 e. The monoisotopic (exact) mass is 310 g/mol. The Labute approximate surface area is 119 Å². The number of nitrogens with one attached hydrogen (secondary N) is 1. The molecule has 3 heteroatoms. The van der Waals surface area contributed by atoms with Gasteiger partial charge >= 0.3 is 0 Å². The first-order valence-electron chi connectivity index (χ1n) is 6.82. The van der Waals surface area contributed by atoms with Crippen molar-refractivity contribution in [2.75, 3.05) is 26.7 Å². The van der Waals surface area contributed by atoms with E-state index >= 15 is 0 Å². The molecule has 1 unspecified atom stereocenters. The molecule has 0 aromatic heterocycles. The van der Waals surface area contributed by atoms with Crippen molar-refractivity contribution in [3.05, 3.63) is 34.3 Å². The highest BCUT2D eigenvalue weighted by molar-refractivity contribution is 9.10. The Hall–Kier alpha value is -0.380. The lowest BCUT2D eigenvalue weighted by Gasteiger charge is -2.30. The van der Waals surface area contributed by atoms with Crippen LogP contribution in [0.1, 0.15) is 31.4 Å². The molecule has 0 spiro atoms. The second-order valence-corrected chi connectivity index (χ2v) is 6.35. The molecular formula is C15H23BrN2. The van der Waals surface area contributed by atoms with E-state index in [-0.39, 0.29) is 0 Å². The minimum absolute atomic E-state index is 0.433. The van der Waals surface area contributed by atoms with E-state index < -0.39 is 0 Å². The molecule has 2 nitrogen and oxygen atoms in total. The number of piperidine rings is 1. The zero-order valence-corrected chi connectivity index (χ0v) is 12.9. The van der Waals surface area contributed by atoms with Gasteiger partial charge in [-0.15, -0.1) is 0 Å². The number of benzene rings is 1. The van der Waals surface area contributed by atoms with Crippen LogP contribution in [0.2, 0.25) is 0 Å². The summed E-state index contributed by atoms with van der Waals surface area (Å²) in [6, 6.07) is 9.01. The fourth-order valence-electron chi connectivity index (χ4n) is 2.50. The van der Waals surface area contributed by atoms with E-state index in [1.165, 1.54) is 31.5 Å². The third-order valence-electron chi connectivity index (χ3n) is 3.90. The standard InChI is InChI=1S/C15H23BrN2/c1-12(14-4-3-5-15(16)10-14)17-11-13-6-8-18(2)9-7-13/h3-5,10,12-13,17H,6-9,11H2,1-2H3. The molecule has 100 valence electrons. The Balaban J connectivity index is 1.79. The molecule has 1 atom stereocenters. The lowest BCUT2D eigenvalue weighted by Crippen LogP contribution is -2.35. The molecule has 1 aromatic rings. The summed E-state index contributed by atoms with van der Waals surface area (Å²) < 4.78 is 1.16. The van der Waals surface area contributed by atoms with Crippen molar-refractivity contribution in [3.8, 4) is 0 Å². The number of likely N-dealkylation sites (tertiary alicyclic amines) is 1. The third-order valence-corrected chi connectivity index (χ3v) is 4.39. The minimum atomic E-state index is 0.433. The SMILES string of the molecule is CC(NCC1CCN(C)CC1)c1cccc(Br)c1. The van der Waals surface area contributed by atoms with Crippen LogP contribution >= 0.6 is 15.9 Å². The second-order valence-electron chi connectivity index (χ2n) is 5.43. The fourth-order valence-corrected chi connectivity index (χ4v) is 2.92. The van der Waals surface area contributed by atoms with Gasteiger partial charge in [-0.2, -0.15) is 0 Å². The van der Waals surface area contributed by atoms with Gasteiger partial charge in [-0.25, -0.2) is 0 Å². The molecule has 0 bridgehead atoms.